The van der Waals surface area contributed by atoms with Crippen molar-refractivity contribution in [2.45, 2.75) is 32.1 Å². The maximum absolute atomic E-state index is 12.8. The van der Waals surface area contributed by atoms with Crippen LogP contribution in [0.25, 0.3) is 0 Å². The number of aliphatic carboxylic acids is 1. The van der Waals surface area contributed by atoms with Crippen molar-refractivity contribution in [3.05, 3.63) is 29.8 Å². The van der Waals surface area contributed by atoms with Gasteiger partial charge in [0.25, 0.3) is 5.91 Å². The summed E-state index contributed by atoms with van der Waals surface area (Å²) in [6.07, 6.45) is 0.369. The van der Waals surface area contributed by atoms with Gasteiger partial charge in [0, 0.05) is 13.1 Å². The van der Waals surface area contributed by atoms with E-state index in [0.717, 1.165) is 0 Å². The molecule has 24 heavy (non-hydrogen) atoms. The first-order valence-electron chi connectivity index (χ1n) is 8.00. The Labute approximate surface area is 142 Å². The summed E-state index contributed by atoms with van der Waals surface area (Å²) in [6.45, 7) is 5.60. The molecule has 1 aromatic carbocycles. The molecule has 0 saturated carbocycles. The topological polar surface area (TPSA) is 91.8 Å². The third-order valence-corrected chi connectivity index (χ3v) is 6.74. The molecule has 132 valence electrons. The molecular formula is C17H23NO5S. The van der Waals surface area contributed by atoms with Crippen LogP contribution in [0.2, 0.25) is 0 Å². The number of amides is 1. The largest absolute Gasteiger partial charge is 0.481 e. The highest BCUT2D eigenvalue weighted by atomic mass is 32.2. The second-order valence-electron chi connectivity index (χ2n) is 6.49. The highest BCUT2D eigenvalue weighted by Gasteiger charge is 2.48. The van der Waals surface area contributed by atoms with E-state index in [1.807, 2.05) is 13.8 Å². The van der Waals surface area contributed by atoms with Gasteiger partial charge in [0.1, 0.15) is 0 Å². The molecule has 1 heterocycles. The number of carboxylic acid groups (broad SMARTS) is 1. The van der Waals surface area contributed by atoms with Gasteiger partial charge in [-0.1, -0.05) is 32.9 Å². The molecule has 1 atom stereocenters. The van der Waals surface area contributed by atoms with Crippen LogP contribution in [0.5, 0.6) is 0 Å². The second kappa shape index (κ2) is 6.55. The minimum atomic E-state index is -3.53. The lowest BCUT2D eigenvalue weighted by Crippen LogP contribution is -2.40. The Kier molecular flexibility index (Phi) is 5.03. The minimum Gasteiger partial charge on any atom is -0.481 e. The first kappa shape index (κ1) is 18.4. The summed E-state index contributed by atoms with van der Waals surface area (Å²) < 4.78 is 24.4. The van der Waals surface area contributed by atoms with E-state index in [2.05, 4.69) is 0 Å². The van der Waals surface area contributed by atoms with Crippen LogP contribution in [0.1, 0.15) is 37.6 Å². The number of hydrogen-bond donors (Lipinski definition) is 1. The zero-order valence-electron chi connectivity index (χ0n) is 14.2. The molecule has 0 aromatic heterocycles. The minimum absolute atomic E-state index is 0.00914. The van der Waals surface area contributed by atoms with E-state index in [9.17, 15) is 23.1 Å². The number of nitrogens with zero attached hydrogens (tertiary/aromatic N) is 1. The molecule has 7 heteroatoms. The summed E-state index contributed by atoms with van der Waals surface area (Å²) in [7, 11) is -3.53. The van der Waals surface area contributed by atoms with Gasteiger partial charge >= 0.3 is 5.97 Å². The quantitative estimate of drug-likeness (QED) is 0.875. The number of carbonyl (C=O) groups excluding carboxylic acids is 1. The van der Waals surface area contributed by atoms with Gasteiger partial charge in [-0.2, -0.15) is 0 Å². The molecule has 1 saturated heterocycles. The fraction of sp³-hybridized carbons (Fsp3) is 0.529. The van der Waals surface area contributed by atoms with Gasteiger partial charge in [-0.3, -0.25) is 9.59 Å². The van der Waals surface area contributed by atoms with Gasteiger partial charge in [0.05, 0.1) is 21.6 Å². The van der Waals surface area contributed by atoms with Crippen LogP contribution >= 0.6 is 0 Å². The molecule has 0 spiro atoms. The highest BCUT2D eigenvalue weighted by molar-refractivity contribution is 7.91. The summed E-state index contributed by atoms with van der Waals surface area (Å²) in [5.41, 5.74) is -0.863. The Hall–Kier alpha value is -1.89. The third kappa shape index (κ3) is 3.05. The lowest BCUT2D eigenvalue weighted by atomic mass is 9.76. The van der Waals surface area contributed by atoms with Crippen LogP contribution in [0, 0.1) is 11.3 Å². The Morgan fingerprint density at radius 1 is 1.29 bits per heavy atom. The maximum atomic E-state index is 12.8. The summed E-state index contributed by atoms with van der Waals surface area (Å²) in [5.74, 6) is -1.56. The molecule has 0 bridgehead atoms. The molecule has 1 aromatic rings. The number of carbonyl (C=O) groups is 2. The number of likely N-dealkylation sites (tertiary alicyclic amines) is 1. The molecule has 0 aliphatic carbocycles. The van der Waals surface area contributed by atoms with Crippen LogP contribution in [0.4, 0.5) is 0 Å². The standard InChI is InChI=1S/C17H23NO5S/c1-4-24(22,23)14-8-6-5-7-13(14)15(19)18-10-9-17(11-18,12(2)3)16(20)21/h5-8,12H,4,9-11H2,1-3H3,(H,20,21). The Bertz CT molecular complexity index is 756. The molecule has 1 amide bonds. The van der Waals surface area contributed by atoms with Crippen LogP contribution in [-0.2, 0) is 14.6 Å². The number of rotatable bonds is 5. The van der Waals surface area contributed by atoms with E-state index in [0.29, 0.717) is 13.0 Å². The second-order valence-corrected chi connectivity index (χ2v) is 8.74. The van der Waals surface area contributed by atoms with Gasteiger partial charge in [0.2, 0.25) is 0 Å². The normalized spacial score (nSPS) is 21.2. The molecule has 1 fully saturated rings. The van der Waals surface area contributed by atoms with E-state index in [-0.39, 0.29) is 28.7 Å². The average Bonchev–Trinajstić information content (AvgIpc) is 3.01. The predicted octanol–water partition coefficient (Wildman–Crippen LogP) is 2.05. The molecule has 1 aliphatic heterocycles. The lowest BCUT2D eigenvalue weighted by molar-refractivity contribution is -0.150. The smallest absolute Gasteiger partial charge is 0.311 e. The monoisotopic (exact) mass is 353 g/mol. The van der Waals surface area contributed by atoms with Gasteiger partial charge in [0.15, 0.2) is 9.84 Å². The summed E-state index contributed by atoms with van der Waals surface area (Å²) in [4.78, 5) is 26.0. The van der Waals surface area contributed by atoms with Crippen LogP contribution < -0.4 is 0 Å². The summed E-state index contributed by atoms with van der Waals surface area (Å²) >= 11 is 0. The molecule has 1 N–H and O–H groups in total. The number of benzene rings is 1. The first-order chi connectivity index (χ1) is 11.2. The maximum Gasteiger partial charge on any atom is 0.311 e. The van der Waals surface area contributed by atoms with E-state index in [1.54, 1.807) is 12.1 Å². The number of carboxylic acids is 1. The Morgan fingerprint density at radius 3 is 2.42 bits per heavy atom. The fourth-order valence-corrected chi connectivity index (χ4v) is 4.23. The van der Waals surface area contributed by atoms with E-state index < -0.39 is 27.1 Å². The van der Waals surface area contributed by atoms with Crippen molar-refractivity contribution >= 4 is 21.7 Å². The lowest BCUT2D eigenvalue weighted by Gasteiger charge is -2.28. The molecule has 2 rings (SSSR count). The Balaban J connectivity index is 2.37. The summed E-state index contributed by atoms with van der Waals surface area (Å²) in [5, 5.41) is 9.59. The van der Waals surface area contributed by atoms with Crippen LogP contribution in [0.3, 0.4) is 0 Å². The van der Waals surface area contributed by atoms with Crippen molar-refractivity contribution in [2.24, 2.45) is 11.3 Å². The fourth-order valence-electron chi connectivity index (χ4n) is 3.14. The van der Waals surface area contributed by atoms with Crippen LogP contribution in [-0.4, -0.2) is 49.1 Å². The van der Waals surface area contributed by atoms with Crippen molar-refractivity contribution in [3.63, 3.8) is 0 Å². The van der Waals surface area contributed by atoms with Crippen molar-refractivity contribution in [1.29, 1.82) is 0 Å². The van der Waals surface area contributed by atoms with Crippen molar-refractivity contribution in [3.8, 4) is 0 Å². The SMILES string of the molecule is CCS(=O)(=O)c1ccccc1C(=O)N1CCC(C(=O)O)(C(C)C)C1. The van der Waals surface area contributed by atoms with Gasteiger partial charge in [-0.05, 0) is 24.5 Å². The van der Waals surface area contributed by atoms with Crippen LogP contribution in [0.15, 0.2) is 29.2 Å². The van der Waals surface area contributed by atoms with E-state index in [4.69, 9.17) is 0 Å². The number of sulfone groups is 1. The van der Waals surface area contributed by atoms with E-state index >= 15 is 0 Å². The number of hydrogen-bond acceptors (Lipinski definition) is 4. The molecule has 1 aliphatic rings. The highest BCUT2D eigenvalue weighted by Crippen LogP contribution is 2.39. The van der Waals surface area contributed by atoms with Gasteiger partial charge in [-0.25, -0.2) is 8.42 Å². The predicted molar refractivity (Wildman–Crippen MR) is 89.6 cm³/mol. The average molecular weight is 353 g/mol. The molecule has 0 radical (unpaired) electrons. The van der Waals surface area contributed by atoms with Crippen molar-refractivity contribution in [1.82, 2.24) is 4.90 Å². The zero-order chi connectivity index (χ0) is 18.1. The first-order valence-corrected chi connectivity index (χ1v) is 9.65. The van der Waals surface area contributed by atoms with Crippen molar-refractivity contribution < 1.29 is 23.1 Å². The molecule has 1 unspecified atom stereocenters. The van der Waals surface area contributed by atoms with E-state index in [1.165, 1.54) is 24.0 Å². The summed E-state index contributed by atoms with van der Waals surface area (Å²) in [6, 6.07) is 6.11. The molecular weight excluding hydrogens is 330 g/mol. The van der Waals surface area contributed by atoms with Gasteiger partial charge < -0.3 is 10.0 Å². The zero-order valence-corrected chi connectivity index (χ0v) is 15.0. The van der Waals surface area contributed by atoms with Gasteiger partial charge in [-0.15, -0.1) is 0 Å². The molecule has 6 nitrogen and oxygen atoms in total. The third-order valence-electron chi connectivity index (χ3n) is 4.95. The Morgan fingerprint density at radius 2 is 1.92 bits per heavy atom. The van der Waals surface area contributed by atoms with Crippen molar-refractivity contribution in [2.75, 3.05) is 18.8 Å².